The van der Waals surface area contributed by atoms with E-state index in [1.165, 1.54) is 36.1 Å². The lowest BCUT2D eigenvalue weighted by atomic mass is 9.92. The highest BCUT2D eigenvalue weighted by molar-refractivity contribution is 7.10. The Morgan fingerprint density at radius 2 is 1.95 bits per heavy atom. The lowest BCUT2D eigenvalue weighted by molar-refractivity contribution is 0.0988. The van der Waals surface area contributed by atoms with Crippen molar-refractivity contribution in [1.82, 2.24) is 5.32 Å². The summed E-state index contributed by atoms with van der Waals surface area (Å²) in [6, 6.07) is 2.73. The summed E-state index contributed by atoms with van der Waals surface area (Å²) < 4.78 is 6.74. The zero-order chi connectivity index (χ0) is 16.4. The minimum Gasteiger partial charge on any atom is -0.412 e. The van der Waals surface area contributed by atoms with Crippen molar-refractivity contribution in [3.05, 3.63) is 21.9 Å². The highest BCUT2D eigenvalue weighted by Gasteiger charge is 2.41. The maximum absolute atomic E-state index is 6.74. The van der Waals surface area contributed by atoms with Crippen LogP contribution in [0.15, 0.2) is 11.4 Å². The lowest BCUT2D eigenvalue weighted by Crippen LogP contribution is -2.51. The van der Waals surface area contributed by atoms with Crippen LogP contribution in [0.25, 0.3) is 0 Å². The molecule has 0 unspecified atom stereocenters. The number of aryl methyl sites for hydroxylation is 1. The Balaban J connectivity index is 1.98. The number of hydrogen-bond acceptors (Lipinski definition) is 3. The Morgan fingerprint density at radius 1 is 1.27 bits per heavy atom. The average molecular weight is 340 g/mol. The molecule has 1 N–H and O–H groups in total. The normalized spacial score (nSPS) is 23.7. The van der Waals surface area contributed by atoms with E-state index < -0.39 is 8.32 Å². The predicted octanol–water partition coefficient (Wildman–Crippen LogP) is 5.48. The molecule has 0 spiro atoms. The van der Waals surface area contributed by atoms with Gasteiger partial charge < -0.3 is 9.74 Å². The highest BCUT2D eigenvalue weighted by Crippen LogP contribution is 2.39. The van der Waals surface area contributed by atoms with Crippen LogP contribution in [-0.4, -0.2) is 20.5 Å². The first-order chi connectivity index (χ1) is 10.2. The van der Waals surface area contributed by atoms with E-state index in [9.17, 15) is 0 Å². The Labute approximate surface area is 141 Å². The number of rotatable bonds is 5. The van der Waals surface area contributed by atoms with Crippen LogP contribution in [0.5, 0.6) is 0 Å². The van der Waals surface area contributed by atoms with Gasteiger partial charge in [0.15, 0.2) is 8.32 Å². The molecule has 1 aromatic rings. The van der Waals surface area contributed by atoms with Gasteiger partial charge >= 0.3 is 0 Å². The van der Waals surface area contributed by atoms with Gasteiger partial charge in [0.05, 0.1) is 6.10 Å². The van der Waals surface area contributed by atoms with Crippen molar-refractivity contribution < 1.29 is 4.43 Å². The molecule has 0 aromatic carbocycles. The van der Waals surface area contributed by atoms with Gasteiger partial charge in [0.25, 0.3) is 0 Å². The van der Waals surface area contributed by atoms with E-state index in [1.807, 2.05) is 11.3 Å². The van der Waals surface area contributed by atoms with Gasteiger partial charge in [0.1, 0.15) is 0 Å². The molecule has 1 aromatic heterocycles. The van der Waals surface area contributed by atoms with Crippen molar-refractivity contribution in [1.29, 1.82) is 0 Å². The third kappa shape index (κ3) is 4.44. The lowest BCUT2D eigenvalue weighted by Gasteiger charge is -2.43. The zero-order valence-corrected chi connectivity index (χ0v) is 17.0. The second-order valence-electron chi connectivity index (χ2n) is 8.22. The molecule has 1 aliphatic rings. The Hall–Kier alpha value is -0.163. The van der Waals surface area contributed by atoms with Crippen molar-refractivity contribution in [2.45, 2.75) is 90.2 Å². The summed E-state index contributed by atoms with van der Waals surface area (Å²) in [6.07, 6.45) is 5.51. The molecule has 126 valence electrons. The van der Waals surface area contributed by atoms with Crippen molar-refractivity contribution in [3.63, 3.8) is 0 Å². The second kappa shape index (κ2) is 7.16. The van der Waals surface area contributed by atoms with Crippen molar-refractivity contribution >= 4 is 19.7 Å². The summed E-state index contributed by atoms with van der Waals surface area (Å²) in [5.74, 6) is 0. The number of nitrogens with one attached hydrogen (secondary N) is 1. The van der Waals surface area contributed by atoms with Crippen LogP contribution in [0.2, 0.25) is 18.1 Å². The van der Waals surface area contributed by atoms with Crippen LogP contribution < -0.4 is 5.32 Å². The van der Waals surface area contributed by atoms with Crippen LogP contribution in [0.4, 0.5) is 0 Å². The standard InChI is InChI=1S/C18H33NOSSi/c1-14-11-12-21-17(14)13-19-15-9-7-8-10-16(15)20-22(5,6)18(2,3)4/h11-12,15-16,19H,7-10,13H2,1-6H3/t15-,16-/m0/s1. The molecular weight excluding hydrogens is 306 g/mol. The van der Waals surface area contributed by atoms with Crippen LogP contribution in [0.3, 0.4) is 0 Å². The minimum atomic E-state index is -1.68. The molecule has 1 fully saturated rings. The molecule has 1 aliphatic carbocycles. The van der Waals surface area contributed by atoms with Gasteiger partial charge in [0.2, 0.25) is 0 Å². The molecule has 1 saturated carbocycles. The van der Waals surface area contributed by atoms with E-state index in [1.54, 1.807) is 0 Å². The van der Waals surface area contributed by atoms with Crippen molar-refractivity contribution in [2.24, 2.45) is 0 Å². The van der Waals surface area contributed by atoms with Crippen molar-refractivity contribution in [3.8, 4) is 0 Å². The molecule has 22 heavy (non-hydrogen) atoms. The summed E-state index contributed by atoms with van der Waals surface area (Å²) in [5, 5.41) is 6.28. The smallest absolute Gasteiger partial charge is 0.192 e. The molecule has 0 radical (unpaired) electrons. The van der Waals surface area contributed by atoms with Gasteiger partial charge in [0, 0.05) is 17.5 Å². The summed E-state index contributed by atoms with van der Waals surface area (Å²) in [5.41, 5.74) is 1.41. The maximum atomic E-state index is 6.74. The summed E-state index contributed by atoms with van der Waals surface area (Å²) in [6.45, 7) is 15.0. The quantitative estimate of drug-likeness (QED) is 0.717. The van der Waals surface area contributed by atoms with E-state index in [2.05, 4.69) is 57.6 Å². The van der Waals surface area contributed by atoms with E-state index in [0.717, 1.165) is 6.54 Å². The van der Waals surface area contributed by atoms with Crippen LogP contribution in [0.1, 0.15) is 56.9 Å². The largest absolute Gasteiger partial charge is 0.412 e. The molecule has 2 nitrogen and oxygen atoms in total. The van der Waals surface area contributed by atoms with E-state index in [-0.39, 0.29) is 0 Å². The van der Waals surface area contributed by atoms with E-state index in [0.29, 0.717) is 17.2 Å². The first-order valence-electron chi connectivity index (χ1n) is 8.65. The molecule has 0 amide bonds. The monoisotopic (exact) mass is 339 g/mol. The number of hydrogen-bond donors (Lipinski definition) is 1. The van der Waals surface area contributed by atoms with Gasteiger partial charge in [-0.15, -0.1) is 11.3 Å². The second-order valence-corrected chi connectivity index (χ2v) is 14.0. The van der Waals surface area contributed by atoms with Crippen LogP contribution in [-0.2, 0) is 11.0 Å². The molecule has 0 bridgehead atoms. The van der Waals surface area contributed by atoms with Gasteiger partial charge in [-0.05, 0) is 54.9 Å². The summed E-state index contributed by atoms with van der Waals surface area (Å²) >= 11 is 1.86. The topological polar surface area (TPSA) is 21.3 Å². The number of thiophene rings is 1. The van der Waals surface area contributed by atoms with Crippen molar-refractivity contribution in [2.75, 3.05) is 0 Å². The molecule has 2 atom stereocenters. The predicted molar refractivity (Wildman–Crippen MR) is 100 cm³/mol. The molecule has 0 saturated heterocycles. The fourth-order valence-electron chi connectivity index (χ4n) is 2.84. The van der Waals surface area contributed by atoms with Gasteiger partial charge in [-0.25, -0.2) is 0 Å². The Kier molecular flexibility index (Phi) is 5.92. The summed E-state index contributed by atoms with van der Waals surface area (Å²) in [7, 11) is -1.68. The van der Waals surface area contributed by atoms with Crippen LogP contribution >= 0.6 is 11.3 Å². The first-order valence-corrected chi connectivity index (χ1v) is 12.4. The summed E-state index contributed by atoms with van der Waals surface area (Å²) in [4.78, 5) is 1.47. The average Bonchev–Trinajstić information content (AvgIpc) is 2.81. The molecule has 0 aliphatic heterocycles. The maximum Gasteiger partial charge on any atom is 0.192 e. The third-order valence-corrected chi connectivity index (χ3v) is 11.0. The molecule has 2 rings (SSSR count). The molecular formula is C18H33NOSSi. The van der Waals surface area contributed by atoms with Gasteiger partial charge in [-0.2, -0.15) is 0 Å². The highest BCUT2D eigenvalue weighted by atomic mass is 32.1. The van der Waals surface area contributed by atoms with E-state index in [4.69, 9.17) is 4.43 Å². The van der Waals surface area contributed by atoms with Crippen LogP contribution in [0, 0.1) is 6.92 Å². The van der Waals surface area contributed by atoms with E-state index >= 15 is 0 Å². The van der Waals surface area contributed by atoms with Gasteiger partial charge in [-0.1, -0.05) is 33.6 Å². The van der Waals surface area contributed by atoms with Gasteiger partial charge in [-0.3, -0.25) is 0 Å². The minimum absolute atomic E-state index is 0.291. The fourth-order valence-corrected chi connectivity index (χ4v) is 5.09. The molecule has 1 heterocycles. The Bertz CT molecular complexity index is 478. The SMILES string of the molecule is Cc1ccsc1CN[C@H]1CCCC[C@@H]1O[Si](C)(C)C(C)(C)C. The molecule has 4 heteroatoms. The Morgan fingerprint density at radius 3 is 2.55 bits per heavy atom. The first kappa shape index (κ1) is 18.2. The third-order valence-electron chi connectivity index (χ3n) is 5.45. The zero-order valence-electron chi connectivity index (χ0n) is 15.2. The fraction of sp³-hybridized carbons (Fsp3) is 0.778.